The monoisotopic (exact) mass is 261 g/mol. The lowest BCUT2D eigenvalue weighted by Gasteiger charge is -2.17. The molecule has 0 aliphatic carbocycles. The smallest absolute Gasteiger partial charge is 0.331 e. The molecule has 0 radical (unpaired) electrons. The van der Waals surface area contributed by atoms with Gasteiger partial charge in [0.1, 0.15) is 12.4 Å². The van der Waals surface area contributed by atoms with Crippen molar-refractivity contribution in [2.45, 2.75) is 19.9 Å². The zero-order valence-corrected chi connectivity index (χ0v) is 11.1. The molecule has 0 spiro atoms. The van der Waals surface area contributed by atoms with Gasteiger partial charge in [0.05, 0.1) is 0 Å². The van der Waals surface area contributed by atoms with Crippen molar-refractivity contribution in [2.24, 2.45) is 0 Å². The van der Waals surface area contributed by atoms with E-state index in [1.165, 1.54) is 0 Å². The minimum atomic E-state index is -0.825. The molecule has 0 saturated heterocycles. The Balaban J connectivity index is 2.05. The Kier molecular flexibility index (Phi) is 4.58. The molecule has 0 bridgehead atoms. The van der Waals surface area contributed by atoms with Crippen molar-refractivity contribution in [1.82, 2.24) is 4.90 Å². The van der Waals surface area contributed by atoms with Gasteiger partial charge in [0.25, 0.3) is 0 Å². The number of hydrogen-bond acceptors (Lipinski definition) is 3. The van der Waals surface area contributed by atoms with E-state index in [-0.39, 0.29) is 0 Å². The first-order chi connectivity index (χ1) is 9.20. The lowest BCUT2D eigenvalue weighted by molar-refractivity contribution is -0.132. The minimum Gasteiger partial charge on any atom is -0.492 e. The number of carboxylic acids is 1. The number of carboxylic acid groups (broad SMARTS) is 1. The second kappa shape index (κ2) is 6.38. The maximum atomic E-state index is 11.0. The summed E-state index contributed by atoms with van der Waals surface area (Å²) < 4.78 is 5.68. The van der Waals surface area contributed by atoms with Crippen LogP contribution in [0, 0.1) is 0 Å². The van der Waals surface area contributed by atoms with Gasteiger partial charge >= 0.3 is 5.97 Å². The van der Waals surface area contributed by atoms with Gasteiger partial charge in [-0.3, -0.25) is 4.90 Å². The van der Waals surface area contributed by atoms with E-state index >= 15 is 0 Å². The zero-order valence-electron chi connectivity index (χ0n) is 11.1. The van der Waals surface area contributed by atoms with E-state index in [0.717, 1.165) is 24.4 Å². The number of aliphatic carboxylic acids is 1. The van der Waals surface area contributed by atoms with Crippen LogP contribution < -0.4 is 4.74 Å². The summed E-state index contributed by atoms with van der Waals surface area (Å²) in [6.07, 6.45) is 2.35. The molecule has 1 heterocycles. The van der Waals surface area contributed by atoms with Crippen LogP contribution in [0.15, 0.2) is 35.9 Å². The van der Waals surface area contributed by atoms with Gasteiger partial charge in [-0.2, -0.15) is 0 Å². The second-order valence-corrected chi connectivity index (χ2v) is 4.58. The Morgan fingerprint density at radius 3 is 3.00 bits per heavy atom. The fourth-order valence-electron chi connectivity index (χ4n) is 2.16. The summed E-state index contributed by atoms with van der Waals surface area (Å²) in [6, 6.07) is 7.99. The number of carbonyl (C=O) groups is 1. The summed E-state index contributed by atoms with van der Waals surface area (Å²) in [5.74, 6) is 0.108. The van der Waals surface area contributed by atoms with Gasteiger partial charge in [-0.15, -0.1) is 0 Å². The van der Waals surface area contributed by atoms with E-state index in [2.05, 4.69) is 11.0 Å². The van der Waals surface area contributed by atoms with Crippen LogP contribution in [0.5, 0.6) is 5.75 Å². The highest BCUT2D eigenvalue weighted by molar-refractivity contribution is 5.86. The van der Waals surface area contributed by atoms with E-state index in [1.54, 1.807) is 6.08 Å². The zero-order chi connectivity index (χ0) is 13.7. The number of nitrogens with zero attached hydrogens (tertiary/aromatic N) is 1. The van der Waals surface area contributed by atoms with Crippen LogP contribution in [0.3, 0.4) is 0 Å². The molecule has 19 heavy (non-hydrogen) atoms. The van der Waals surface area contributed by atoms with Gasteiger partial charge in [-0.1, -0.05) is 31.2 Å². The number of ether oxygens (including phenoxy) is 1. The molecule has 0 saturated carbocycles. The van der Waals surface area contributed by atoms with E-state index < -0.39 is 5.97 Å². The van der Waals surface area contributed by atoms with Gasteiger partial charge in [0, 0.05) is 30.8 Å². The summed E-state index contributed by atoms with van der Waals surface area (Å²) in [4.78, 5) is 13.2. The van der Waals surface area contributed by atoms with Gasteiger partial charge in [0.15, 0.2) is 0 Å². The predicted octanol–water partition coefficient (Wildman–Crippen LogP) is 2.30. The molecule has 4 nitrogen and oxygen atoms in total. The van der Waals surface area contributed by atoms with Crippen LogP contribution in [0.2, 0.25) is 0 Å². The number of benzene rings is 1. The molecule has 0 amide bonds. The fourth-order valence-corrected chi connectivity index (χ4v) is 2.16. The first-order valence-electron chi connectivity index (χ1n) is 6.56. The van der Waals surface area contributed by atoms with Crippen molar-refractivity contribution in [3.63, 3.8) is 0 Å². The van der Waals surface area contributed by atoms with Crippen LogP contribution in [-0.2, 0) is 11.3 Å². The van der Waals surface area contributed by atoms with Crippen LogP contribution in [0.25, 0.3) is 0 Å². The van der Waals surface area contributed by atoms with Gasteiger partial charge < -0.3 is 9.84 Å². The third kappa shape index (κ3) is 3.58. The predicted molar refractivity (Wildman–Crippen MR) is 73.2 cm³/mol. The molecule has 4 heteroatoms. The topological polar surface area (TPSA) is 49.8 Å². The lowest BCUT2D eigenvalue weighted by Crippen LogP contribution is -2.26. The Morgan fingerprint density at radius 2 is 2.26 bits per heavy atom. The van der Waals surface area contributed by atoms with E-state index in [1.807, 2.05) is 25.1 Å². The molecule has 1 aliphatic heterocycles. The quantitative estimate of drug-likeness (QED) is 0.845. The van der Waals surface area contributed by atoms with Crippen LogP contribution in [-0.4, -0.2) is 35.7 Å². The Morgan fingerprint density at radius 1 is 1.47 bits per heavy atom. The summed E-state index contributed by atoms with van der Waals surface area (Å²) in [5.41, 5.74) is 1.63. The maximum Gasteiger partial charge on any atom is 0.331 e. The van der Waals surface area contributed by atoms with Gasteiger partial charge in [-0.05, 0) is 12.5 Å². The van der Waals surface area contributed by atoms with Crippen molar-refractivity contribution in [2.75, 3.05) is 19.7 Å². The van der Waals surface area contributed by atoms with E-state index in [9.17, 15) is 4.79 Å². The van der Waals surface area contributed by atoms with Crippen molar-refractivity contribution in [3.05, 3.63) is 41.5 Å². The third-order valence-electron chi connectivity index (χ3n) is 3.28. The Bertz CT molecular complexity index is 482. The summed E-state index contributed by atoms with van der Waals surface area (Å²) >= 11 is 0. The molecule has 1 aromatic carbocycles. The number of fused-ring (bicyclic) bond motifs is 1. The first-order valence-corrected chi connectivity index (χ1v) is 6.56. The second-order valence-electron chi connectivity index (χ2n) is 4.58. The first kappa shape index (κ1) is 13.6. The van der Waals surface area contributed by atoms with Crippen LogP contribution >= 0.6 is 0 Å². The van der Waals surface area contributed by atoms with Crippen molar-refractivity contribution in [3.8, 4) is 5.75 Å². The minimum absolute atomic E-state index is 0.471. The summed E-state index contributed by atoms with van der Waals surface area (Å²) in [7, 11) is 0. The van der Waals surface area contributed by atoms with Crippen LogP contribution in [0.1, 0.15) is 18.9 Å². The Hall–Kier alpha value is -1.81. The largest absolute Gasteiger partial charge is 0.492 e. The average Bonchev–Trinajstić information content (AvgIpc) is 2.60. The standard InChI is InChI=1S/C15H19NO3/c1-2-12(15(17)18)7-8-16-9-10-19-14-6-4-3-5-13(14)11-16/h3-7H,2,8-11H2,1H3,(H,17,18). The molecule has 0 aromatic heterocycles. The molecule has 2 rings (SSSR count). The fraction of sp³-hybridized carbons (Fsp3) is 0.400. The molecule has 1 aromatic rings. The SMILES string of the molecule is CCC(=CCN1CCOc2ccccc2C1)C(=O)O. The van der Waals surface area contributed by atoms with Gasteiger partial charge in [-0.25, -0.2) is 4.79 Å². The molecule has 0 atom stereocenters. The van der Waals surface area contributed by atoms with Crippen LogP contribution in [0.4, 0.5) is 0 Å². The molecule has 1 aliphatic rings. The normalized spacial score (nSPS) is 16.4. The van der Waals surface area contributed by atoms with E-state index in [4.69, 9.17) is 9.84 Å². The molecule has 0 fully saturated rings. The maximum absolute atomic E-state index is 11.0. The number of para-hydroxylation sites is 1. The highest BCUT2D eigenvalue weighted by atomic mass is 16.5. The number of rotatable bonds is 4. The average molecular weight is 261 g/mol. The van der Waals surface area contributed by atoms with Crippen molar-refractivity contribution >= 4 is 5.97 Å². The number of hydrogen-bond donors (Lipinski definition) is 1. The summed E-state index contributed by atoms with van der Waals surface area (Å²) in [5, 5.41) is 9.00. The lowest BCUT2D eigenvalue weighted by atomic mass is 10.1. The highest BCUT2D eigenvalue weighted by Gasteiger charge is 2.14. The molecule has 0 unspecified atom stereocenters. The third-order valence-corrected chi connectivity index (χ3v) is 3.28. The highest BCUT2D eigenvalue weighted by Crippen LogP contribution is 2.22. The molecule has 102 valence electrons. The Labute approximate surface area is 113 Å². The van der Waals surface area contributed by atoms with Gasteiger partial charge in [0.2, 0.25) is 0 Å². The van der Waals surface area contributed by atoms with Crippen molar-refractivity contribution in [1.29, 1.82) is 0 Å². The molecular formula is C15H19NO3. The molecular weight excluding hydrogens is 242 g/mol. The van der Waals surface area contributed by atoms with E-state index in [0.29, 0.717) is 25.1 Å². The van der Waals surface area contributed by atoms with Crippen molar-refractivity contribution < 1.29 is 14.6 Å². The molecule has 1 N–H and O–H groups in total. The summed E-state index contributed by atoms with van der Waals surface area (Å²) in [6.45, 7) is 4.75.